The first-order valence-corrected chi connectivity index (χ1v) is 10.0. The van der Waals surface area contributed by atoms with E-state index < -0.39 is 0 Å². The minimum absolute atomic E-state index is 0.127. The molecule has 0 saturated carbocycles. The summed E-state index contributed by atoms with van der Waals surface area (Å²) in [5.74, 6) is 0.836. The first-order chi connectivity index (χ1) is 13.9. The summed E-state index contributed by atoms with van der Waals surface area (Å²) in [7, 11) is 1.55. The maximum absolute atomic E-state index is 11.4. The van der Waals surface area contributed by atoms with E-state index >= 15 is 0 Å². The molecule has 152 valence electrons. The number of aromatic hydroxyl groups is 1. The zero-order valence-electron chi connectivity index (χ0n) is 17.2. The molecule has 5 nitrogen and oxygen atoms in total. The SMILES string of the molecule is COc1ccc(C2=C(c3cccc(OC(C)=O)c3)CN3CCCC3(C)C2)cc1O. The van der Waals surface area contributed by atoms with Gasteiger partial charge in [0.2, 0.25) is 0 Å². The lowest BCUT2D eigenvalue weighted by molar-refractivity contribution is -0.131. The molecule has 0 aromatic heterocycles. The second-order valence-corrected chi connectivity index (χ2v) is 8.16. The fourth-order valence-electron chi connectivity index (χ4n) is 4.66. The summed E-state index contributed by atoms with van der Waals surface area (Å²) in [5, 5.41) is 10.4. The quantitative estimate of drug-likeness (QED) is 0.612. The van der Waals surface area contributed by atoms with Gasteiger partial charge in [-0.2, -0.15) is 0 Å². The number of carbonyl (C=O) groups excluding carboxylic acids is 1. The van der Waals surface area contributed by atoms with E-state index in [2.05, 4.69) is 17.9 Å². The molecule has 2 aliphatic rings. The number of carbonyl (C=O) groups is 1. The van der Waals surface area contributed by atoms with Crippen LogP contribution in [0, 0.1) is 0 Å². The Morgan fingerprint density at radius 3 is 2.66 bits per heavy atom. The van der Waals surface area contributed by atoms with E-state index in [4.69, 9.17) is 9.47 Å². The molecule has 0 aliphatic carbocycles. The third kappa shape index (κ3) is 3.75. The van der Waals surface area contributed by atoms with Gasteiger partial charge in [0, 0.05) is 19.0 Å². The van der Waals surface area contributed by atoms with Crippen LogP contribution >= 0.6 is 0 Å². The molecule has 1 unspecified atom stereocenters. The zero-order valence-corrected chi connectivity index (χ0v) is 17.2. The standard InChI is InChI=1S/C24H27NO4/c1-16(26)29-19-7-4-6-17(12-19)21-15-25-11-5-10-24(25,2)14-20(21)18-8-9-23(28-3)22(27)13-18/h4,6-9,12-13,27H,5,10-11,14-15H2,1-3H3. The molecule has 4 rings (SSSR count). The number of methoxy groups -OCH3 is 1. The predicted octanol–water partition coefficient (Wildman–Crippen LogP) is 4.50. The number of hydrogen-bond donors (Lipinski definition) is 1. The molecule has 0 spiro atoms. The van der Waals surface area contributed by atoms with Gasteiger partial charge in [-0.3, -0.25) is 9.69 Å². The van der Waals surface area contributed by atoms with Crippen molar-refractivity contribution in [1.29, 1.82) is 0 Å². The molecule has 2 aliphatic heterocycles. The summed E-state index contributed by atoms with van der Waals surface area (Å²) in [5.41, 5.74) is 4.61. The maximum atomic E-state index is 11.4. The lowest BCUT2D eigenvalue weighted by atomic mass is 9.79. The van der Waals surface area contributed by atoms with Crippen LogP contribution < -0.4 is 9.47 Å². The largest absolute Gasteiger partial charge is 0.504 e. The van der Waals surface area contributed by atoms with Crippen LogP contribution in [0.25, 0.3) is 11.1 Å². The number of fused-ring (bicyclic) bond motifs is 1. The highest BCUT2D eigenvalue weighted by Gasteiger charge is 2.41. The summed E-state index contributed by atoms with van der Waals surface area (Å²) in [6, 6.07) is 13.3. The Balaban J connectivity index is 1.83. The van der Waals surface area contributed by atoms with Crippen LogP contribution in [-0.4, -0.2) is 41.7 Å². The number of rotatable bonds is 4. The summed E-state index contributed by atoms with van der Waals surface area (Å²) in [4.78, 5) is 13.9. The molecule has 0 amide bonds. The Morgan fingerprint density at radius 1 is 1.14 bits per heavy atom. The molecule has 1 fully saturated rings. The van der Waals surface area contributed by atoms with Gasteiger partial charge in [0.1, 0.15) is 5.75 Å². The van der Waals surface area contributed by atoms with Gasteiger partial charge in [-0.05, 0) is 79.3 Å². The third-order valence-electron chi connectivity index (χ3n) is 6.15. The number of nitrogens with zero attached hydrogens (tertiary/aromatic N) is 1. The third-order valence-corrected chi connectivity index (χ3v) is 6.15. The lowest BCUT2D eigenvalue weighted by Gasteiger charge is -2.42. The van der Waals surface area contributed by atoms with Crippen LogP contribution in [0.1, 0.15) is 44.2 Å². The van der Waals surface area contributed by atoms with Gasteiger partial charge in [-0.25, -0.2) is 0 Å². The number of phenolic OH excluding ortho intramolecular Hbond substituents is 1. The Morgan fingerprint density at radius 2 is 1.93 bits per heavy atom. The van der Waals surface area contributed by atoms with Crippen molar-refractivity contribution in [2.24, 2.45) is 0 Å². The zero-order chi connectivity index (χ0) is 20.6. The molecule has 0 bridgehead atoms. The van der Waals surface area contributed by atoms with Crippen molar-refractivity contribution in [1.82, 2.24) is 4.90 Å². The summed E-state index contributed by atoms with van der Waals surface area (Å²) in [6.07, 6.45) is 3.27. The van der Waals surface area contributed by atoms with Crippen molar-refractivity contribution < 1.29 is 19.4 Å². The monoisotopic (exact) mass is 393 g/mol. The first-order valence-electron chi connectivity index (χ1n) is 10.0. The molecule has 2 heterocycles. The van der Waals surface area contributed by atoms with Crippen molar-refractivity contribution in [2.45, 2.75) is 38.6 Å². The van der Waals surface area contributed by atoms with Crippen LogP contribution in [0.15, 0.2) is 42.5 Å². The van der Waals surface area contributed by atoms with Crippen LogP contribution in [0.3, 0.4) is 0 Å². The van der Waals surface area contributed by atoms with Gasteiger partial charge >= 0.3 is 5.97 Å². The second kappa shape index (κ2) is 7.56. The Labute approximate surface area is 171 Å². The van der Waals surface area contributed by atoms with Gasteiger partial charge < -0.3 is 14.6 Å². The number of phenols is 1. The number of hydrogen-bond acceptors (Lipinski definition) is 5. The molecular formula is C24H27NO4. The van der Waals surface area contributed by atoms with Crippen molar-refractivity contribution in [2.75, 3.05) is 20.2 Å². The van der Waals surface area contributed by atoms with Gasteiger partial charge in [0.15, 0.2) is 11.5 Å². The highest BCUT2D eigenvalue weighted by molar-refractivity contribution is 5.94. The van der Waals surface area contributed by atoms with Crippen LogP contribution in [0.4, 0.5) is 0 Å². The highest BCUT2D eigenvalue weighted by atomic mass is 16.5. The van der Waals surface area contributed by atoms with Crippen molar-refractivity contribution >= 4 is 17.1 Å². The number of esters is 1. The van der Waals surface area contributed by atoms with Crippen molar-refractivity contribution in [3.8, 4) is 17.2 Å². The van der Waals surface area contributed by atoms with Crippen molar-refractivity contribution in [3.63, 3.8) is 0 Å². The fourth-order valence-corrected chi connectivity index (χ4v) is 4.66. The van der Waals surface area contributed by atoms with E-state index in [0.717, 1.165) is 30.6 Å². The summed E-state index contributed by atoms with van der Waals surface area (Å²) >= 11 is 0. The van der Waals surface area contributed by atoms with Gasteiger partial charge in [0.05, 0.1) is 7.11 Å². The Bertz CT molecular complexity index is 981. The molecule has 1 atom stereocenters. The molecular weight excluding hydrogens is 366 g/mol. The Kier molecular flexibility index (Phi) is 5.09. The molecule has 29 heavy (non-hydrogen) atoms. The highest BCUT2D eigenvalue weighted by Crippen LogP contribution is 2.46. The van der Waals surface area contributed by atoms with E-state index in [1.54, 1.807) is 19.2 Å². The minimum atomic E-state index is -0.327. The van der Waals surface area contributed by atoms with Crippen LogP contribution in [0.5, 0.6) is 17.2 Å². The second-order valence-electron chi connectivity index (χ2n) is 8.16. The molecule has 5 heteroatoms. The van der Waals surface area contributed by atoms with Crippen LogP contribution in [0.2, 0.25) is 0 Å². The minimum Gasteiger partial charge on any atom is -0.504 e. The molecule has 1 N–H and O–H groups in total. The molecule has 2 aromatic rings. The molecule has 0 radical (unpaired) electrons. The molecule has 1 saturated heterocycles. The van der Waals surface area contributed by atoms with E-state index in [9.17, 15) is 9.90 Å². The summed E-state index contributed by atoms with van der Waals surface area (Å²) in [6.45, 7) is 5.66. The fraction of sp³-hybridized carbons (Fsp3) is 0.375. The van der Waals surface area contributed by atoms with Crippen molar-refractivity contribution in [3.05, 3.63) is 53.6 Å². The van der Waals surface area contributed by atoms with Gasteiger partial charge in [0.25, 0.3) is 0 Å². The van der Waals surface area contributed by atoms with E-state index in [1.807, 2.05) is 24.3 Å². The van der Waals surface area contributed by atoms with Gasteiger partial charge in [-0.15, -0.1) is 0 Å². The van der Waals surface area contributed by atoms with Gasteiger partial charge in [-0.1, -0.05) is 18.2 Å². The Hall–Kier alpha value is -2.79. The summed E-state index contributed by atoms with van der Waals surface area (Å²) < 4.78 is 10.5. The predicted molar refractivity (Wildman–Crippen MR) is 113 cm³/mol. The first kappa shape index (κ1) is 19.5. The smallest absolute Gasteiger partial charge is 0.308 e. The average Bonchev–Trinajstić information content (AvgIpc) is 3.07. The number of benzene rings is 2. The topological polar surface area (TPSA) is 59.0 Å². The lowest BCUT2D eigenvalue weighted by Crippen LogP contribution is -2.45. The van der Waals surface area contributed by atoms with E-state index in [0.29, 0.717) is 11.5 Å². The van der Waals surface area contributed by atoms with E-state index in [1.165, 1.54) is 30.9 Å². The average molecular weight is 393 g/mol. The number of ether oxygens (including phenoxy) is 2. The van der Waals surface area contributed by atoms with E-state index in [-0.39, 0.29) is 17.3 Å². The molecule has 2 aromatic carbocycles. The van der Waals surface area contributed by atoms with Crippen LogP contribution in [-0.2, 0) is 4.79 Å². The normalized spacial score (nSPS) is 21.8. The maximum Gasteiger partial charge on any atom is 0.308 e.